The highest BCUT2D eigenvalue weighted by molar-refractivity contribution is 5.88. The SMILES string of the molecule is COc1cccc(N2CCN(C[C@H]3COc4ccc5nc(C)ccc5c4O3)CC2)c1. The molecule has 0 unspecified atom stereocenters. The van der Waals surface area contributed by atoms with Gasteiger partial charge in [0, 0.05) is 55.6 Å². The van der Waals surface area contributed by atoms with Crippen LogP contribution in [0.3, 0.4) is 0 Å². The molecular weight excluding hydrogens is 378 g/mol. The number of hydrogen-bond donors (Lipinski definition) is 0. The topological polar surface area (TPSA) is 47.1 Å². The minimum atomic E-state index is 0.0211. The number of benzene rings is 2. The number of anilines is 1. The molecule has 6 heteroatoms. The van der Waals surface area contributed by atoms with Gasteiger partial charge in [0.05, 0.1) is 12.6 Å². The van der Waals surface area contributed by atoms with Crippen molar-refractivity contribution < 1.29 is 14.2 Å². The maximum Gasteiger partial charge on any atom is 0.171 e. The lowest BCUT2D eigenvalue weighted by molar-refractivity contribution is 0.0587. The predicted octanol–water partition coefficient (Wildman–Crippen LogP) is 3.51. The molecule has 0 bridgehead atoms. The van der Waals surface area contributed by atoms with Crippen LogP contribution in [0.4, 0.5) is 5.69 Å². The van der Waals surface area contributed by atoms with E-state index in [0.717, 1.165) is 66.6 Å². The minimum Gasteiger partial charge on any atom is -0.497 e. The van der Waals surface area contributed by atoms with Crippen molar-refractivity contribution >= 4 is 16.6 Å². The fourth-order valence-corrected chi connectivity index (χ4v) is 4.25. The van der Waals surface area contributed by atoms with E-state index in [2.05, 4.69) is 33.0 Å². The van der Waals surface area contributed by atoms with Gasteiger partial charge in [-0.3, -0.25) is 9.88 Å². The number of rotatable bonds is 4. The second-order valence-electron chi connectivity index (χ2n) is 7.95. The van der Waals surface area contributed by atoms with Crippen LogP contribution in [0.15, 0.2) is 48.5 Å². The van der Waals surface area contributed by atoms with Crippen LogP contribution in [0.25, 0.3) is 10.9 Å². The van der Waals surface area contributed by atoms with E-state index in [1.807, 2.05) is 37.3 Å². The highest BCUT2D eigenvalue weighted by Crippen LogP contribution is 2.38. The van der Waals surface area contributed by atoms with Gasteiger partial charge in [0.2, 0.25) is 0 Å². The molecule has 0 aliphatic carbocycles. The summed E-state index contributed by atoms with van der Waals surface area (Å²) in [7, 11) is 1.71. The first kappa shape index (κ1) is 19.0. The molecule has 2 aromatic carbocycles. The third-order valence-corrected chi connectivity index (χ3v) is 5.89. The molecule has 3 aromatic rings. The van der Waals surface area contributed by atoms with Crippen LogP contribution in [0.5, 0.6) is 17.2 Å². The quantitative estimate of drug-likeness (QED) is 0.662. The van der Waals surface area contributed by atoms with Crippen molar-refractivity contribution in [3.8, 4) is 17.2 Å². The Balaban J connectivity index is 1.23. The Morgan fingerprint density at radius 3 is 2.77 bits per heavy atom. The van der Waals surface area contributed by atoms with Gasteiger partial charge in [-0.15, -0.1) is 0 Å². The summed E-state index contributed by atoms with van der Waals surface area (Å²) in [6, 6.07) is 16.3. The van der Waals surface area contributed by atoms with E-state index in [1.165, 1.54) is 5.69 Å². The van der Waals surface area contributed by atoms with E-state index in [4.69, 9.17) is 14.2 Å². The molecule has 2 aliphatic heterocycles. The zero-order valence-electron chi connectivity index (χ0n) is 17.5. The summed E-state index contributed by atoms with van der Waals surface area (Å²) in [6.07, 6.45) is 0.0211. The van der Waals surface area contributed by atoms with Gasteiger partial charge >= 0.3 is 0 Å². The Bertz CT molecular complexity index is 1050. The molecular formula is C24H27N3O3. The van der Waals surface area contributed by atoms with Gasteiger partial charge in [0.25, 0.3) is 0 Å². The third-order valence-electron chi connectivity index (χ3n) is 5.89. The van der Waals surface area contributed by atoms with Gasteiger partial charge in [-0.2, -0.15) is 0 Å². The number of aryl methyl sites for hydroxylation is 1. The Morgan fingerprint density at radius 1 is 1.07 bits per heavy atom. The van der Waals surface area contributed by atoms with E-state index in [-0.39, 0.29) is 6.10 Å². The van der Waals surface area contributed by atoms with Gasteiger partial charge in [0.15, 0.2) is 11.5 Å². The van der Waals surface area contributed by atoms with E-state index in [9.17, 15) is 0 Å². The molecule has 1 saturated heterocycles. The van der Waals surface area contributed by atoms with E-state index >= 15 is 0 Å². The average molecular weight is 405 g/mol. The lowest BCUT2D eigenvalue weighted by atomic mass is 10.1. The van der Waals surface area contributed by atoms with Crippen molar-refractivity contribution in [3.05, 3.63) is 54.2 Å². The molecule has 2 aliphatic rings. The smallest absolute Gasteiger partial charge is 0.171 e. The van der Waals surface area contributed by atoms with Crippen molar-refractivity contribution in [1.82, 2.24) is 9.88 Å². The van der Waals surface area contributed by atoms with E-state index in [0.29, 0.717) is 6.61 Å². The molecule has 1 aromatic heterocycles. The third kappa shape index (κ3) is 3.75. The normalized spacial score (nSPS) is 19.1. The Labute approximate surface area is 177 Å². The lowest BCUT2D eigenvalue weighted by Gasteiger charge is -2.38. The number of hydrogen-bond acceptors (Lipinski definition) is 6. The molecule has 0 saturated carbocycles. The van der Waals surface area contributed by atoms with Gasteiger partial charge in [-0.1, -0.05) is 6.07 Å². The summed E-state index contributed by atoms with van der Waals surface area (Å²) < 4.78 is 17.8. The van der Waals surface area contributed by atoms with Crippen LogP contribution in [0.1, 0.15) is 5.69 Å². The Kier molecular flexibility index (Phi) is 5.09. The number of pyridine rings is 1. The Morgan fingerprint density at radius 2 is 1.93 bits per heavy atom. The number of aromatic nitrogens is 1. The molecule has 1 atom stereocenters. The van der Waals surface area contributed by atoms with Crippen LogP contribution in [0.2, 0.25) is 0 Å². The molecule has 0 N–H and O–H groups in total. The number of methoxy groups -OCH3 is 1. The summed E-state index contributed by atoms with van der Waals surface area (Å²) >= 11 is 0. The fourth-order valence-electron chi connectivity index (χ4n) is 4.25. The van der Waals surface area contributed by atoms with Crippen LogP contribution in [-0.2, 0) is 0 Å². The molecule has 3 heterocycles. The molecule has 0 spiro atoms. The molecule has 0 radical (unpaired) electrons. The standard InChI is InChI=1S/C24H27N3O3/c1-17-6-7-21-22(25-17)8-9-23-24(21)30-20(16-29-23)15-26-10-12-27(13-11-26)18-4-3-5-19(14-18)28-2/h3-9,14,20H,10-13,15-16H2,1-2H3/t20-/m0/s1. The summed E-state index contributed by atoms with van der Waals surface area (Å²) in [5, 5.41) is 1.02. The number of nitrogens with zero attached hydrogens (tertiary/aromatic N) is 3. The first-order valence-electron chi connectivity index (χ1n) is 10.5. The number of ether oxygens (including phenoxy) is 3. The van der Waals surface area contributed by atoms with Gasteiger partial charge in [0.1, 0.15) is 18.5 Å². The maximum atomic E-state index is 6.39. The zero-order chi connectivity index (χ0) is 20.5. The van der Waals surface area contributed by atoms with E-state index in [1.54, 1.807) is 7.11 Å². The van der Waals surface area contributed by atoms with Crippen LogP contribution >= 0.6 is 0 Å². The second kappa shape index (κ2) is 8.03. The fraction of sp³-hybridized carbons (Fsp3) is 0.375. The van der Waals surface area contributed by atoms with Crippen LogP contribution in [0, 0.1) is 6.92 Å². The molecule has 0 amide bonds. The lowest BCUT2D eigenvalue weighted by Crippen LogP contribution is -2.50. The van der Waals surface area contributed by atoms with Gasteiger partial charge < -0.3 is 19.1 Å². The first-order valence-corrected chi connectivity index (χ1v) is 10.5. The van der Waals surface area contributed by atoms with Crippen LogP contribution in [-0.4, -0.2) is 62.4 Å². The van der Waals surface area contributed by atoms with Crippen molar-refractivity contribution in [2.24, 2.45) is 0 Å². The van der Waals surface area contributed by atoms with Crippen molar-refractivity contribution in [2.45, 2.75) is 13.0 Å². The highest BCUT2D eigenvalue weighted by Gasteiger charge is 2.27. The zero-order valence-corrected chi connectivity index (χ0v) is 17.5. The monoisotopic (exact) mass is 405 g/mol. The molecule has 1 fully saturated rings. The molecule has 156 valence electrons. The summed E-state index contributed by atoms with van der Waals surface area (Å²) in [5.41, 5.74) is 3.17. The average Bonchev–Trinajstić information content (AvgIpc) is 2.79. The minimum absolute atomic E-state index is 0.0211. The largest absolute Gasteiger partial charge is 0.497 e. The number of piperazine rings is 1. The first-order chi connectivity index (χ1) is 14.7. The summed E-state index contributed by atoms with van der Waals surface area (Å²) in [4.78, 5) is 9.49. The molecule has 5 rings (SSSR count). The van der Waals surface area contributed by atoms with Gasteiger partial charge in [-0.05, 0) is 43.3 Å². The maximum absolute atomic E-state index is 6.39. The predicted molar refractivity (Wildman–Crippen MR) is 118 cm³/mol. The summed E-state index contributed by atoms with van der Waals surface area (Å²) in [5.74, 6) is 2.54. The van der Waals surface area contributed by atoms with Crippen LogP contribution < -0.4 is 19.1 Å². The highest BCUT2D eigenvalue weighted by atomic mass is 16.6. The van der Waals surface area contributed by atoms with Gasteiger partial charge in [-0.25, -0.2) is 0 Å². The molecule has 30 heavy (non-hydrogen) atoms. The number of fused-ring (bicyclic) bond motifs is 3. The van der Waals surface area contributed by atoms with Crippen molar-refractivity contribution in [3.63, 3.8) is 0 Å². The van der Waals surface area contributed by atoms with Crippen molar-refractivity contribution in [2.75, 3.05) is 51.3 Å². The molecule has 6 nitrogen and oxygen atoms in total. The second-order valence-corrected chi connectivity index (χ2v) is 7.95. The van der Waals surface area contributed by atoms with E-state index < -0.39 is 0 Å². The van der Waals surface area contributed by atoms with Crippen molar-refractivity contribution in [1.29, 1.82) is 0 Å². The summed E-state index contributed by atoms with van der Waals surface area (Å²) in [6.45, 7) is 7.42. The Hall–Kier alpha value is -2.99.